The van der Waals surface area contributed by atoms with Crippen LogP contribution in [0.25, 0.3) is 0 Å². The Morgan fingerprint density at radius 3 is 2.15 bits per heavy atom. The van der Waals surface area contributed by atoms with Gasteiger partial charge in [-0.1, -0.05) is 61.5 Å². The van der Waals surface area contributed by atoms with Gasteiger partial charge in [0.2, 0.25) is 0 Å². The number of ketones is 1. The molecule has 0 radical (unpaired) electrons. The van der Waals surface area contributed by atoms with Gasteiger partial charge in [-0.2, -0.15) is 0 Å². The van der Waals surface area contributed by atoms with Gasteiger partial charge < -0.3 is 0 Å². The first-order chi connectivity index (χ1) is 9.63. The minimum atomic E-state index is -0.772. The molecule has 0 amide bonds. The van der Waals surface area contributed by atoms with Crippen molar-refractivity contribution in [3.63, 3.8) is 0 Å². The second kappa shape index (κ2) is 6.92. The standard InChI is InChI=1S/C17H16Cl2O/c1-2-12-8-10-14(11-9-12)17(20)16(19)15(18)13-6-4-3-5-7-13/h3-11,15-16H,2H2,1H3/t15-,16+/m0/s1. The molecule has 0 aromatic heterocycles. The number of Topliss-reactive ketones (excluding diaryl/α,β-unsaturated/α-hetero) is 1. The number of rotatable bonds is 5. The predicted octanol–water partition coefficient (Wildman–Crippen LogP) is 5.02. The highest BCUT2D eigenvalue weighted by molar-refractivity contribution is 6.39. The second-order valence-electron chi connectivity index (χ2n) is 4.63. The molecular weight excluding hydrogens is 291 g/mol. The lowest BCUT2D eigenvalue weighted by atomic mass is 10.0. The number of hydrogen-bond donors (Lipinski definition) is 0. The van der Waals surface area contributed by atoms with E-state index in [9.17, 15) is 4.79 Å². The minimum Gasteiger partial charge on any atom is -0.292 e. The van der Waals surface area contributed by atoms with Crippen LogP contribution < -0.4 is 0 Å². The van der Waals surface area contributed by atoms with Crippen molar-refractivity contribution in [1.29, 1.82) is 0 Å². The summed E-state index contributed by atoms with van der Waals surface area (Å²) in [4.78, 5) is 12.3. The van der Waals surface area contributed by atoms with Crippen LogP contribution in [0.5, 0.6) is 0 Å². The maximum atomic E-state index is 12.3. The lowest BCUT2D eigenvalue weighted by Crippen LogP contribution is -2.20. The maximum absolute atomic E-state index is 12.3. The van der Waals surface area contributed by atoms with Gasteiger partial charge in [-0.3, -0.25) is 4.79 Å². The van der Waals surface area contributed by atoms with Crippen molar-refractivity contribution < 1.29 is 4.79 Å². The summed E-state index contributed by atoms with van der Waals surface area (Å²) in [6.45, 7) is 2.07. The summed E-state index contributed by atoms with van der Waals surface area (Å²) in [7, 11) is 0. The van der Waals surface area contributed by atoms with Gasteiger partial charge >= 0.3 is 0 Å². The zero-order valence-corrected chi connectivity index (χ0v) is 12.7. The van der Waals surface area contributed by atoms with E-state index in [0.29, 0.717) is 5.56 Å². The molecule has 2 aromatic carbocycles. The average Bonchev–Trinajstić information content (AvgIpc) is 2.53. The fourth-order valence-corrected chi connectivity index (χ4v) is 2.53. The van der Waals surface area contributed by atoms with Gasteiger partial charge in [-0.25, -0.2) is 0 Å². The van der Waals surface area contributed by atoms with Gasteiger partial charge in [0, 0.05) is 5.56 Å². The van der Waals surface area contributed by atoms with Crippen molar-refractivity contribution in [3.8, 4) is 0 Å². The van der Waals surface area contributed by atoms with E-state index in [0.717, 1.165) is 12.0 Å². The zero-order chi connectivity index (χ0) is 14.5. The Bertz CT molecular complexity index is 563. The molecule has 0 saturated heterocycles. The third kappa shape index (κ3) is 3.41. The third-order valence-corrected chi connectivity index (χ3v) is 4.36. The van der Waals surface area contributed by atoms with Crippen LogP contribution >= 0.6 is 23.2 Å². The summed E-state index contributed by atoms with van der Waals surface area (Å²) in [5, 5.41) is -1.30. The quantitative estimate of drug-likeness (QED) is 0.560. The fourth-order valence-electron chi connectivity index (χ4n) is 2.00. The zero-order valence-electron chi connectivity index (χ0n) is 11.2. The summed E-state index contributed by atoms with van der Waals surface area (Å²) in [6, 6.07) is 16.9. The van der Waals surface area contributed by atoms with E-state index in [-0.39, 0.29) is 5.78 Å². The van der Waals surface area contributed by atoms with Crippen LogP contribution in [0.2, 0.25) is 0 Å². The van der Waals surface area contributed by atoms with Crippen molar-refractivity contribution in [2.24, 2.45) is 0 Å². The normalized spacial score (nSPS) is 13.8. The van der Waals surface area contributed by atoms with E-state index in [1.165, 1.54) is 5.56 Å². The van der Waals surface area contributed by atoms with Crippen LogP contribution in [-0.2, 0) is 6.42 Å². The molecule has 1 nitrogen and oxygen atoms in total. The largest absolute Gasteiger partial charge is 0.292 e. The molecule has 2 rings (SSSR count). The number of aryl methyl sites for hydroxylation is 1. The first kappa shape index (κ1) is 15.1. The Morgan fingerprint density at radius 1 is 1.00 bits per heavy atom. The molecule has 2 aromatic rings. The van der Waals surface area contributed by atoms with Gasteiger partial charge in [0.1, 0.15) is 5.38 Å². The van der Waals surface area contributed by atoms with Crippen molar-refractivity contribution in [3.05, 3.63) is 71.3 Å². The lowest BCUT2D eigenvalue weighted by Gasteiger charge is -2.15. The predicted molar refractivity (Wildman–Crippen MR) is 84.8 cm³/mol. The number of benzene rings is 2. The molecule has 0 fully saturated rings. The van der Waals surface area contributed by atoms with Crippen LogP contribution in [-0.4, -0.2) is 11.2 Å². The highest BCUT2D eigenvalue weighted by Gasteiger charge is 2.26. The second-order valence-corrected chi connectivity index (χ2v) is 5.57. The van der Waals surface area contributed by atoms with Crippen molar-refractivity contribution >= 4 is 29.0 Å². The SMILES string of the molecule is CCc1ccc(C(=O)[C@H](Cl)[C@@H](Cl)c2ccccc2)cc1. The van der Waals surface area contributed by atoms with Crippen molar-refractivity contribution in [1.82, 2.24) is 0 Å². The molecular formula is C17H16Cl2O. The monoisotopic (exact) mass is 306 g/mol. The van der Waals surface area contributed by atoms with Gasteiger partial charge in [0.15, 0.2) is 5.78 Å². The first-order valence-corrected chi connectivity index (χ1v) is 7.47. The highest BCUT2D eigenvalue weighted by atomic mass is 35.5. The molecule has 0 saturated carbocycles. The fraction of sp³-hybridized carbons (Fsp3) is 0.235. The summed E-state index contributed by atoms with van der Waals surface area (Å²) in [6.07, 6.45) is 0.945. The summed E-state index contributed by atoms with van der Waals surface area (Å²) in [5.74, 6) is -0.141. The number of halogens is 2. The number of carbonyl (C=O) groups excluding carboxylic acids is 1. The van der Waals surface area contributed by atoms with Gasteiger partial charge in [-0.15, -0.1) is 23.2 Å². The highest BCUT2D eigenvalue weighted by Crippen LogP contribution is 2.30. The lowest BCUT2D eigenvalue weighted by molar-refractivity contribution is 0.0985. The van der Waals surface area contributed by atoms with E-state index < -0.39 is 10.8 Å². The molecule has 0 spiro atoms. The van der Waals surface area contributed by atoms with Crippen LogP contribution in [0.1, 0.15) is 33.8 Å². The van der Waals surface area contributed by atoms with Crippen LogP contribution in [0.4, 0.5) is 0 Å². The van der Waals surface area contributed by atoms with Crippen LogP contribution in [0, 0.1) is 0 Å². The molecule has 0 aliphatic heterocycles. The summed E-state index contributed by atoms with van der Waals surface area (Å²) in [5.41, 5.74) is 2.65. The van der Waals surface area contributed by atoms with Crippen LogP contribution in [0.3, 0.4) is 0 Å². The summed E-state index contributed by atoms with van der Waals surface area (Å²) < 4.78 is 0. The van der Waals surface area contributed by atoms with Gasteiger partial charge in [0.25, 0.3) is 0 Å². The molecule has 0 aliphatic carbocycles. The number of carbonyl (C=O) groups is 1. The Morgan fingerprint density at radius 2 is 1.60 bits per heavy atom. The molecule has 0 aliphatic rings. The van der Waals surface area contributed by atoms with Crippen LogP contribution in [0.15, 0.2) is 54.6 Å². The molecule has 3 heteroatoms. The van der Waals surface area contributed by atoms with Gasteiger partial charge in [-0.05, 0) is 17.5 Å². The average molecular weight is 307 g/mol. The molecule has 20 heavy (non-hydrogen) atoms. The minimum absolute atomic E-state index is 0.141. The molecule has 0 unspecified atom stereocenters. The van der Waals surface area contributed by atoms with E-state index in [1.807, 2.05) is 54.6 Å². The number of alkyl halides is 2. The number of hydrogen-bond acceptors (Lipinski definition) is 1. The Hall–Kier alpha value is -1.31. The third-order valence-electron chi connectivity index (χ3n) is 3.27. The Balaban J connectivity index is 2.15. The maximum Gasteiger partial charge on any atom is 0.182 e. The van der Waals surface area contributed by atoms with E-state index >= 15 is 0 Å². The summed E-state index contributed by atoms with van der Waals surface area (Å²) >= 11 is 12.6. The van der Waals surface area contributed by atoms with Crippen molar-refractivity contribution in [2.75, 3.05) is 0 Å². The van der Waals surface area contributed by atoms with E-state index in [1.54, 1.807) is 0 Å². The molecule has 0 bridgehead atoms. The van der Waals surface area contributed by atoms with E-state index in [2.05, 4.69) is 6.92 Å². The Labute approximate surface area is 129 Å². The molecule has 0 heterocycles. The topological polar surface area (TPSA) is 17.1 Å². The molecule has 0 N–H and O–H groups in total. The Kier molecular flexibility index (Phi) is 5.22. The first-order valence-electron chi connectivity index (χ1n) is 6.59. The van der Waals surface area contributed by atoms with Gasteiger partial charge in [0.05, 0.1) is 5.38 Å². The smallest absolute Gasteiger partial charge is 0.182 e. The van der Waals surface area contributed by atoms with Crippen molar-refractivity contribution in [2.45, 2.75) is 24.1 Å². The molecule has 104 valence electrons. The van der Waals surface area contributed by atoms with E-state index in [4.69, 9.17) is 23.2 Å². The molecule has 2 atom stereocenters.